The molecule has 0 atom stereocenters. The van der Waals surface area contributed by atoms with Crippen LogP contribution in [0.4, 0.5) is 0 Å². The average Bonchev–Trinajstić information content (AvgIpc) is 2.73. The number of rotatable bonds is 9. The van der Waals surface area contributed by atoms with E-state index in [1.165, 1.54) is 17.0 Å². The third-order valence-electron chi connectivity index (χ3n) is 4.26. The van der Waals surface area contributed by atoms with Gasteiger partial charge in [-0.05, 0) is 36.8 Å². The molecule has 0 aliphatic rings. The Hall–Kier alpha value is -2.38. The monoisotopic (exact) mass is 575 g/mol. The van der Waals surface area contributed by atoms with Gasteiger partial charge >= 0.3 is 0 Å². The number of aliphatic imine (C=N–C) groups is 1. The first kappa shape index (κ1) is 27.7. The maximum absolute atomic E-state index is 11.9. The first-order valence-electron chi connectivity index (χ1n) is 9.68. The van der Waals surface area contributed by atoms with E-state index in [-0.39, 0.29) is 47.9 Å². The topological polar surface area (TPSA) is 126 Å². The summed E-state index contributed by atoms with van der Waals surface area (Å²) in [7, 11) is -0.379. The summed E-state index contributed by atoms with van der Waals surface area (Å²) in [5, 5.41) is 11.2. The normalized spacial score (nSPS) is 11.3. The highest BCUT2D eigenvalue weighted by Gasteiger charge is 2.08. The molecule has 0 spiro atoms. The van der Waals surface area contributed by atoms with Gasteiger partial charge in [0.05, 0.1) is 24.5 Å². The Kier molecular flexibility index (Phi) is 11.4. The average molecular weight is 575 g/mol. The molecule has 2 aromatic rings. The van der Waals surface area contributed by atoms with Crippen molar-refractivity contribution in [2.24, 2.45) is 10.1 Å². The number of guanidine groups is 1. The molecule has 0 saturated carbocycles. The largest absolute Gasteiger partial charge is 0.492 e. The molecule has 0 heterocycles. The molecule has 32 heavy (non-hydrogen) atoms. The fourth-order valence-corrected chi connectivity index (χ4v) is 2.93. The highest BCUT2D eigenvalue weighted by atomic mass is 127. The molecule has 1 amide bonds. The zero-order valence-electron chi connectivity index (χ0n) is 18.4. The summed E-state index contributed by atoms with van der Waals surface area (Å²) in [6, 6.07) is 13.9. The number of carbonyl (C=O) groups excluding carboxylic acids is 1. The first-order valence-corrected chi connectivity index (χ1v) is 11.2. The number of hydrogen-bond acceptors (Lipinski definition) is 5. The van der Waals surface area contributed by atoms with E-state index in [0.29, 0.717) is 19.1 Å². The molecule has 0 aliphatic carbocycles. The Morgan fingerprint density at radius 3 is 2.25 bits per heavy atom. The van der Waals surface area contributed by atoms with Crippen molar-refractivity contribution >= 4 is 45.9 Å². The van der Waals surface area contributed by atoms with Crippen molar-refractivity contribution in [1.29, 1.82) is 0 Å². The SMILES string of the molecule is Cc1ccc(OCCNC(=NCc2ccc(S(N)(=O)=O)cc2)NCC(=O)N(C)C)cc1.I. The summed E-state index contributed by atoms with van der Waals surface area (Å²) in [5.74, 6) is 1.12. The fourth-order valence-electron chi connectivity index (χ4n) is 2.42. The van der Waals surface area contributed by atoms with E-state index in [4.69, 9.17) is 9.88 Å². The molecule has 4 N–H and O–H groups in total. The number of sulfonamides is 1. The lowest BCUT2D eigenvalue weighted by atomic mass is 10.2. The van der Waals surface area contributed by atoms with E-state index >= 15 is 0 Å². The minimum Gasteiger partial charge on any atom is -0.492 e. The Morgan fingerprint density at radius 1 is 1.06 bits per heavy atom. The molecule has 0 bridgehead atoms. The van der Waals surface area contributed by atoms with E-state index in [1.807, 2.05) is 31.2 Å². The number of nitrogens with two attached hydrogens (primary N) is 1. The van der Waals surface area contributed by atoms with Gasteiger partial charge in [-0.25, -0.2) is 18.5 Å². The zero-order valence-corrected chi connectivity index (χ0v) is 21.5. The highest BCUT2D eigenvalue weighted by molar-refractivity contribution is 14.0. The van der Waals surface area contributed by atoms with Crippen LogP contribution in [0.1, 0.15) is 11.1 Å². The van der Waals surface area contributed by atoms with E-state index in [9.17, 15) is 13.2 Å². The third-order valence-corrected chi connectivity index (χ3v) is 5.19. The van der Waals surface area contributed by atoms with Crippen LogP contribution >= 0.6 is 24.0 Å². The number of ether oxygens (including phenoxy) is 1. The smallest absolute Gasteiger partial charge is 0.241 e. The highest BCUT2D eigenvalue weighted by Crippen LogP contribution is 2.11. The number of likely N-dealkylation sites (N-methyl/N-ethyl adjacent to an activating group) is 1. The zero-order chi connectivity index (χ0) is 22.9. The summed E-state index contributed by atoms with van der Waals surface area (Å²) in [5.41, 5.74) is 1.95. The van der Waals surface area contributed by atoms with Gasteiger partial charge in [0.15, 0.2) is 5.96 Å². The van der Waals surface area contributed by atoms with Crippen molar-refractivity contribution in [3.05, 3.63) is 59.7 Å². The molecule has 2 aromatic carbocycles. The molecule has 0 saturated heterocycles. The second kappa shape index (κ2) is 13.2. The molecule has 0 radical (unpaired) electrons. The van der Waals surface area contributed by atoms with E-state index in [1.54, 1.807) is 26.2 Å². The maximum Gasteiger partial charge on any atom is 0.241 e. The quantitative estimate of drug-likeness (QED) is 0.180. The number of benzene rings is 2. The van der Waals surface area contributed by atoms with Crippen LogP contribution in [0.3, 0.4) is 0 Å². The molecular formula is C21H30IN5O4S. The molecule has 9 nitrogen and oxygen atoms in total. The van der Waals surface area contributed by atoms with Gasteiger partial charge in [0.25, 0.3) is 0 Å². The molecule has 0 fully saturated rings. The number of primary sulfonamides is 1. The Balaban J connectivity index is 0.00000512. The van der Waals surface area contributed by atoms with E-state index in [0.717, 1.165) is 16.9 Å². The van der Waals surface area contributed by atoms with Crippen LogP contribution in [0.15, 0.2) is 58.4 Å². The first-order chi connectivity index (χ1) is 14.6. The molecule has 0 aromatic heterocycles. The van der Waals surface area contributed by atoms with Gasteiger partial charge in [-0.1, -0.05) is 29.8 Å². The van der Waals surface area contributed by atoms with Crippen molar-refractivity contribution in [3.63, 3.8) is 0 Å². The van der Waals surface area contributed by atoms with E-state index < -0.39 is 10.0 Å². The number of carbonyl (C=O) groups is 1. The van der Waals surface area contributed by atoms with Crippen LogP contribution in [0.5, 0.6) is 5.75 Å². The van der Waals surface area contributed by atoms with Crippen LogP contribution < -0.4 is 20.5 Å². The maximum atomic E-state index is 11.9. The fraction of sp³-hybridized carbons (Fsp3) is 0.333. The minimum atomic E-state index is -3.73. The summed E-state index contributed by atoms with van der Waals surface area (Å²) >= 11 is 0. The molecule has 2 rings (SSSR count). The van der Waals surface area contributed by atoms with Crippen LogP contribution in [0.2, 0.25) is 0 Å². The lowest BCUT2D eigenvalue weighted by Gasteiger charge is -2.15. The van der Waals surface area contributed by atoms with Crippen molar-refractivity contribution in [3.8, 4) is 5.75 Å². The minimum absolute atomic E-state index is 0. The van der Waals surface area contributed by atoms with Crippen molar-refractivity contribution in [2.75, 3.05) is 33.8 Å². The van der Waals surface area contributed by atoms with Crippen LogP contribution in [-0.2, 0) is 21.4 Å². The van der Waals surface area contributed by atoms with Gasteiger partial charge in [0.1, 0.15) is 12.4 Å². The van der Waals surface area contributed by atoms with Gasteiger partial charge in [0, 0.05) is 14.1 Å². The van der Waals surface area contributed by atoms with Crippen LogP contribution in [0.25, 0.3) is 0 Å². The Morgan fingerprint density at radius 2 is 1.69 bits per heavy atom. The number of aryl methyl sites for hydroxylation is 1. The number of halogens is 1. The molecular weight excluding hydrogens is 545 g/mol. The number of nitrogens with one attached hydrogen (secondary N) is 2. The van der Waals surface area contributed by atoms with Crippen molar-refractivity contribution < 1.29 is 17.9 Å². The summed E-state index contributed by atoms with van der Waals surface area (Å²) in [6.45, 7) is 3.27. The Labute approximate surface area is 206 Å². The van der Waals surface area contributed by atoms with Gasteiger partial charge in [-0.15, -0.1) is 24.0 Å². The molecule has 176 valence electrons. The van der Waals surface area contributed by atoms with Gasteiger partial charge in [0.2, 0.25) is 15.9 Å². The standard InChI is InChI=1S/C21H29N5O4S.HI/c1-16-4-8-18(9-5-16)30-13-12-23-21(25-15-20(27)26(2)3)24-14-17-6-10-19(11-7-17)31(22,28)29;/h4-11H,12-15H2,1-3H3,(H2,22,28,29)(H2,23,24,25);1H. The summed E-state index contributed by atoms with van der Waals surface area (Å²) in [4.78, 5) is 17.9. The van der Waals surface area contributed by atoms with Crippen LogP contribution in [0, 0.1) is 6.92 Å². The van der Waals surface area contributed by atoms with Gasteiger partial charge in [-0.3, -0.25) is 4.79 Å². The third kappa shape index (κ3) is 9.83. The molecule has 11 heteroatoms. The van der Waals surface area contributed by atoms with Crippen molar-refractivity contribution in [1.82, 2.24) is 15.5 Å². The summed E-state index contributed by atoms with van der Waals surface area (Å²) in [6.07, 6.45) is 0. The van der Waals surface area contributed by atoms with Gasteiger partial charge in [-0.2, -0.15) is 0 Å². The number of hydrogen-bond donors (Lipinski definition) is 3. The summed E-state index contributed by atoms with van der Waals surface area (Å²) < 4.78 is 28.4. The predicted molar refractivity (Wildman–Crippen MR) is 136 cm³/mol. The van der Waals surface area contributed by atoms with Gasteiger partial charge < -0.3 is 20.3 Å². The second-order valence-electron chi connectivity index (χ2n) is 7.08. The number of amides is 1. The Bertz CT molecular complexity index is 994. The lowest BCUT2D eigenvalue weighted by Crippen LogP contribution is -2.44. The van der Waals surface area contributed by atoms with Crippen molar-refractivity contribution in [2.45, 2.75) is 18.4 Å². The van der Waals surface area contributed by atoms with E-state index in [2.05, 4.69) is 15.6 Å². The van der Waals surface area contributed by atoms with Crippen LogP contribution in [-0.4, -0.2) is 59.0 Å². The molecule has 0 aliphatic heterocycles. The lowest BCUT2D eigenvalue weighted by molar-refractivity contribution is -0.127. The molecule has 0 unspecified atom stereocenters. The predicted octanol–water partition coefficient (Wildman–Crippen LogP) is 1.46. The second-order valence-corrected chi connectivity index (χ2v) is 8.65. The number of nitrogens with zero attached hydrogens (tertiary/aromatic N) is 2.